The van der Waals surface area contributed by atoms with Gasteiger partial charge in [-0.2, -0.15) is 13.2 Å². The highest BCUT2D eigenvalue weighted by molar-refractivity contribution is 7.13. The summed E-state index contributed by atoms with van der Waals surface area (Å²) in [6.45, 7) is 1.24. The molecule has 1 atom stereocenters. The molecule has 2 N–H and O–H groups in total. The predicted octanol–water partition coefficient (Wildman–Crippen LogP) is 1.73. The minimum atomic E-state index is -5.20. The van der Waals surface area contributed by atoms with Gasteiger partial charge in [-0.05, 0) is 6.92 Å². The summed E-state index contributed by atoms with van der Waals surface area (Å²) in [7, 11) is 0.763. The number of carbonyl (C=O) groups is 2. The Morgan fingerprint density at radius 1 is 1.43 bits per heavy atom. The van der Waals surface area contributed by atoms with Crippen molar-refractivity contribution < 1.29 is 32.2 Å². The molecule has 0 aliphatic heterocycles. The van der Waals surface area contributed by atoms with Gasteiger partial charge in [-0.3, -0.25) is 5.32 Å². The monoisotopic (exact) mass is 327 g/mol. The SMILES string of the molecule is CCOC(=O)NC(Nc1nccs1)(C(=O)OC)C(F)(F)F. The highest BCUT2D eigenvalue weighted by Crippen LogP contribution is 2.33. The number of anilines is 1. The lowest BCUT2D eigenvalue weighted by molar-refractivity contribution is -0.203. The zero-order valence-corrected chi connectivity index (χ0v) is 11.8. The van der Waals surface area contributed by atoms with E-state index in [0.717, 1.165) is 18.4 Å². The number of halogens is 3. The number of hydrogen-bond donors (Lipinski definition) is 2. The normalized spacial score (nSPS) is 14.0. The number of alkyl halides is 3. The molecule has 0 aliphatic carbocycles. The summed E-state index contributed by atoms with van der Waals surface area (Å²) >= 11 is 0.812. The number of esters is 1. The van der Waals surface area contributed by atoms with E-state index in [4.69, 9.17) is 0 Å². The van der Waals surface area contributed by atoms with Gasteiger partial charge in [0.05, 0.1) is 13.7 Å². The molecule has 1 rings (SSSR count). The number of alkyl carbamates (subject to hydrolysis) is 1. The fraction of sp³-hybridized carbons (Fsp3) is 0.500. The summed E-state index contributed by atoms with van der Waals surface area (Å²) in [6.07, 6.45) is -5.39. The Balaban J connectivity index is 3.21. The molecule has 0 aliphatic rings. The standard InChI is InChI=1S/C10H12F3N3O4S/c1-3-20-8(18)16-9(6(17)19-2,10(11,12)13)15-7-14-4-5-21-7/h4-5H,3H2,1-2H3,(H,14,15)(H,16,18). The maximum atomic E-state index is 13.3. The van der Waals surface area contributed by atoms with Crippen LogP contribution < -0.4 is 10.6 Å². The first kappa shape index (κ1) is 17.0. The Bertz CT molecular complexity index is 494. The molecule has 118 valence electrons. The van der Waals surface area contributed by atoms with E-state index < -0.39 is 23.9 Å². The summed E-state index contributed by atoms with van der Waals surface area (Å²) in [5, 5.41) is 4.47. The van der Waals surface area contributed by atoms with Gasteiger partial charge in [0, 0.05) is 11.6 Å². The van der Waals surface area contributed by atoms with Crippen molar-refractivity contribution in [2.45, 2.75) is 18.8 Å². The highest BCUT2D eigenvalue weighted by atomic mass is 32.1. The second-order valence-corrected chi connectivity index (χ2v) is 4.44. The molecular weight excluding hydrogens is 315 g/mol. The Morgan fingerprint density at radius 2 is 2.10 bits per heavy atom. The van der Waals surface area contributed by atoms with Gasteiger partial charge in [0.25, 0.3) is 0 Å². The van der Waals surface area contributed by atoms with Crippen molar-refractivity contribution in [3.8, 4) is 0 Å². The molecule has 0 spiro atoms. The van der Waals surface area contributed by atoms with Gasteiger partial charge in [0.15, 0.2) is 5.13 Å². The van der Waals surface area contributed by atoms with Crippen molar-refractivity contribution >= 4 is 28.5 Å². The number of carbonyl (C=O) groups excluding carboxylic acids is 2. The van der Waals surface area contributed by atoms with Crippen LogP contribution in [0, 0.1) is 0 Å². The fourth-order valence-electron chi connectivity index (χ4n) is 1.31. The molecule has 0 saturated heterocycles. The summed E-state index contributed by atoms with van der Waals surface area (Å²) in [5.74, 6) is -1.75. The molecule has 1 heterocycles. The number of ether oxygens (including phenoxy) is 2. The third-order valence-electron chi connectivity index (χ3n) is 2.21. The third kappa shape index (κ3) is 3.74. The van der Waals surface area contributed by atoms with Crippen LogP contribution in [0.15, 0.2) is 11.6 Å². The molecule has 11 heteroatoms. The first-order valence-corrected chi connectivity index (χ1v) is 6.42. The van der Waals surface area contributed by atoms with Gasteiger partial charge in [-0.1, -0.05) is 0 Å². The van der Waals surface area contributed by atoms with Crippen molar-refractivity contribution in [2.24, 2.45) is 0 Å². The molecule has 1 unspecified atom stereocenters. The molecule has 1 amide bonds. The number of thiazole rings is 1. The minimum Gasteiger partial charge on any atom is -0.466 e. The molecule has 0 radical (unpaired) electrons. The van der Waals surface area contributed by atoms with Crippen molar-refractivity contribution in [3.05, 3.63) is 11.6 Å². The molecule has 1 aromatic heterocycles. The summed E-state index contributed by atoms with van der Waals surface area (Å²) in [5.41, 5.74) is -3.49. The summed E-state index contributed by atoms with van der Waals surface area (Å²) < 4.78 is 48.6. The van der Waals surface area contributed by atoms with Crippen LogP contribution in [-0.2, 0) is 14.3 Å². The van der Waals surface area contributed by atoms with Gasteiger partial charge in [-0.25, -0.2) is 14.6 Å². The van der Waals surface area contributed by atoms with Gasteiger partial charge in [0.2, 0.25) is 0 Å². The quantitative estimate of drug-likeness (QED) is 0.632. The van der Waals surface area contributed by atoms with E-state index in [2.05, 4.69) is 14.5 Å². The maximum absolute atomic E-state index is 13.3. The van der Waals surface area contributed by atoms with E-state index in [9.17, 15) is 22.8 Å². The average molecular weight is 327 g/mol. The van der Waals surface area contributed by atoms with E-state index in [-0.39, 0.29) is 11.7 Å². The molecule has 7 nitrogen and oxygen atoms in total. The van der Waals surface area contributed by atoms with E-state index in [1.54, 1.807) is 0 Å². The highest BCUT2D eigenvalue weighted by Gasteiger charge is 2.64. The Morgan fingerprint density at radius 3 is 2.52 bits per heavy atom. The number of rotatable bonds is 5. The van der Waals surface area contributed by atoms with Crippen LogP contribution >= 0.6 is 11.3 Å². The molecule has 0 aromatic carbocycles. The molecule has 0 saturated carbocycles. The van der Waals surface area contributed by atoms with Crippen molar-refractivity contribution in [3.63, 3.8) is 0 Å². The molecule has 21 heavy (non-hydrogen) atoms. The van der Waals surface area contributed by atoms with E-state index in [1.807, 2.05) is 5.32 Å². The number of aromatic nitrogens is 1. The van der Waals surface area contributed by atoms with Crippen LogP contribution in [0.25, 0.3) is 0 Å². The molecular formula is C10H12F3N3O4S. The van der Waals surface area contributed by atoms with E-state index in [1.165, 1.54) is 23.8 Å². The van der Waals surface area contributed by atoms with Crippen molar-refractivity contribution in [2.75, 3.05) is 19.0 Å². The minimum absolute atomic E-state index is 0.168. The van der Waals surface area contributed by atoms with Crippen molar-refractivity contribution in [1.82, 2.24) is 10.3 Å². The lowest BCUT2D eigenvalue weighted by Crippen LogP contribution is -2.69. The average Bonchev–Trinajstić information content (AvgIpc) is 2.88. The number of amides is 1. The zero-order valence-electron chi connectivity index (χ0n) is 11.0. The lowest BCUT2D eigenvalue weighted by Gasteiger charge is -2.33. The van der Waals surface area contributed by atoms with Crippen molar-refractivity contribution in [1.29, 1.82) is 0 Å². The Kier molecular flexibility index (Phi) is 5.35. The van der Waals surface area contributed by atoms with Crippen LogP contribution in [0.2, 0.25) is 0 Å². The topological polar surface area (TPSA) is 89.5 Å². The third-order valence-corrected chi connectivity index (χ3v) is 2.90. The van der Waals surface area contributed by atoms with Gasteiger partial charge < -0.3 is 14.8 Å². The maximum Gasteiger partial charge on any atom is 0.442 e. The van der Waals surface area contributed by atoms with Crippen LogP contribution in [0.4, 0.5) is 23.1 Å². The van der Waals surface area contributed by atoms with Crippen LogP contribution in [0.1, 0.15) is 6.92 Å². The van der Waals surface area contributed by atoms with E-state index in [0.29, 0.717) is 0 Å². The summed E-state index contributed by atoms with van der Waals surface area (Å²) in [6, 6.07) is 0. The van der Waals surface area contributed by atoms with Gasteiger partial charge >= 0.3 is 23.9 Å². The molecule has 0 fully saturated rings. The smallest absolute Gasteiger partial charge is 0.442 e. The molecule has 0 bridgehead atoms. The first-order valence-electron chi connectivity index (χ1n) is 5.54. The molecule has 1 aromatic rings. The predicted molar refractivity (Wildman–Crippen MR) is 66.7 cm³/mol. The Hall–Kier alpha value is -2.04. The van der Waals surface area contributed by atoms with Crippen LogP contribution in [0.5, 0.6) is 0 Å². The zero-order chi connectivity index (χ0) is 16.1. The van der Waals surface area contributed by atoms with Crippen LogP contribution in [-0.4, -0.2) is 42.6 Å². The number of nitrogens with one attached hydrogen (secondary N) is 2. The fourth-order valence-corrected chi connectivity index (χ4v) is 1.89. The van der Waals surface area contributed by atoms with E-state index >= 15 is 0 Å². The second-order valence-electron chi connectivity index (χ2n) is 3.55. The Labute approximate surface area is 121 Å². The second kappa shape index (κ2) is 6.61. The number of methoxy groups -OCH3 is 1. The van der Waals surface area contributed by atoms with Gasteiger partial charge in [0.1, 0.15) is 0 Å². The number of hydrogen-bond acceptors (Lipinski definition) is 7. The lowest BCUT2D eigenvalue weighted by atomic mass is 10.1. The van der Waals surface area contributed by atoms with Crippen LogP contribution in [0.3, 0.4) is 0 Å². The first-order chi connectivity index (χ1) is 9.76. The van der Waals surface area contributed by atoms with Gasteiger partial charge in [-0.15, -0.1) is 11.3 Å². The number of nitrogens with zero attached hydrogens (tertiary/aromatic N) is 1. The largest absolute Gasteiger partial charge is 0.466 e. The summed E-state index contributed by atoms with van der Waals surface area (Å²) in [4.78, 5) is 26.6.